The van der Waals surface area contributed by atoms with E-state index in [-0.39, 0.29) is 19.2 Å². The van der Waals surface area contributed by atoms with E-state index in [4.69, 9.17) is 9.47 Å². The monoisotopic (exact) mass is 422 g/mol. The first-order valence-electron chi connectivity index (χ1n) is 8.75. The summed E-state index contributed by atoms with van der Waals surface area (Å²) in [7, 11) is -3.63. The molecule has 1 amide bonds. The van der Waals surface area contributed by atoms with Crippen LogP contribution in [0.2, 0.25) is 0 Å². The number of hydrogen-bond acceptors (Lipinski definition) is 6. The molecule has 28 heavy (non-hydrogen) atoms. The number of amides is 1. The number of fused-ring (bicyclic) bond motifs is 1. The average Bonchev–Trinajstić information content (AvgIpc) is 3.13. The smallest absolute Gasteiger partial charge is 0.240 e. The third-order valence-electron chi connectivity index (χ3n) is 3.99. The SMILES string of the molecule is CS(=O)(=O)N(CC(=O)NCCCSc1ccccc1)c1ccc2c(c1)OCO2. The number of benzene rings is 2. The molecule has 9 heteroatoms. The summed E-state index contributed by atoms with van der Waals surface area (Å²) in [5.74, 6) is 1.53. The molecule has 150 valence electrons. The van der Waals surface area contributed by atoms with Crippen LogP contribution in [0.1, 0.15) is 6.42 Å². The van der Waals surface area contributed by atoms with Crippen LogP contribution in [0.4, 0.5) is 5.69 Å². The molecule has 0 spiro atoms. The first-order chi connectivity index (χ1) is 13.4. The van der Waals surface area contributed by atoms with Gasteiger partial charge < -0.3 is 14.8 Å². The van der Waals surface area contributed by atoms with E-state index >= 15 is 0 Å². The predicted octanol–water partition coefficient (Wildman–Crippen LogP) is 2.48. The summed E-state index contributed by atoms with van der Waals surface area (Å²) in [5.41, 5.74) is 0.363. The summed E-state index contributed by atoms with van der Waals surface area (Å²) in [4.78, 5) is 13.4. The van der Waals surface area contributed by atoms with Crippen LogP contribution in [-0.4, -0.2) is 46.2 Å². The first-order valence-corrected chi connectivity index (χ1v) is 11.6. The van der Waals surface area contributed by atoms with Crippen molar-refractivity contribution in [2.75, 3.05) is 36.2 Å². The topological polar surface area (TPSA) is 84.9 Å². The highest BCUT2D eigenvalue weighted by Crippen LogP contribution is 2.36. The fourth-order valence-corrected chi connectivity index (χ4v) is 4.36. The van der Waals surface area contributed by atoms with Gasteiger partial charge in [-0.05, 0) is 36.4 Å². The molecule has 2 aromatic rings. The van der Waals surface area contributed by atoms with Gasteiger partial charge in [0.25, 0.3) is 0 Å². The van der Waals surface area contributed by atoms with Gasteiger partial charge in [0.05, 0.1) is 11.9 Å². The van der Waals surface area contributed by atoms with Crippen molar-refractivity contribution in [3.05, 3.63) is 48.5 Å². The Balaban J connectivity index is 1.51. The number of carbonyl (C=O) groups is 1. The largest absolute Gasteiger partial charge is 0.454 e. The van der Waals surface area contributed by atoms with Crippen LogP contribution in [0.25, 0.3) is 0 Å². The highest BCUT2D eigenvalue weighted by atomic mass is 32.2. The highest BCUT2D eigenvalue weighted by Gasteiger charge is 2.23. The number of nitrogens with one attached hydrogen (secondary N) is 1. The molecule has 0 fully saturated rings. The Morgan fingerprint density at radius 2 is 1.89 bits per heavy atom. The van der Waals surface area contributed by atoms with E-state index in [1.807, 2.05) is 30.3 Å². The van der Waals surface area contributed by atoms with Crippen molar-refractivity contribution in [2.45, 2.75) is 11.3 Å². The molecule has 0 aliphatic carbocycles. The number of ether oxygens (including phenoxy) is 2. The van der Waals surface area contributed by atoms with Crippen molar-refractivity contribution in [1.29, 1.82) is 0 Å². The number of rotatable bonds is 9. The normalized spacial score (nSPS) is 12.6. The second-order valence-corrected chi connectivity index (χ2v) is 9.25. The molecule has 0 radical (unpaired) electrons. The molecule has 2 aromatic carbocycles. The van der Waals surface area contributed by atoms with Crippen LogP contribution in [0.5, 0.6) is 11.5 Å². The zero-order valence-electron chi connectivity index (χ0n) is 15.5. The Bertz CT molecular complexity index is 919. The van der Waals surface area contributed by atoms with Gasteiger partial charge in [0, 0.05) is 17.5 Å². The minimum atomic E-state index is -3.63. The van der Waals surface area contributed by atoms with E-state index in [1.165, 1.54) is 4.90 Å². The first kappa shape index (κ1) is 20.3. The van der Waals surface area contributed by atoms with Crippen LogP contribution in [-0.2, 0) is 14.8 Å². The molecule has 0 atom stereocenters. The summed E-state index contributed by atoms with van der Waals surface area (Å²) in [6.45, 7) is 0.293. The fourth-order valence-electron chi connectivity index (χ4n) is 2.63. The zero-order valence-corrected chi connectivity index (χ0v) is 17.1. The Morgan fingerprint density at radius 1 is 1.14 bits per heavy atom. The highest BCUT2D eigenvalue weighted by molar-refractivity contribution is 7.99. The molecule has 0 aromatic heterocycles. The quantitative estimate of drug-likeness (QED) is 0.494. The van der Waals surface area contributed by atoms with Gasteiger partial charge in [-0.2, -0.15) is 0 Å². The second-order valence-electron chi connectivity index (χ2n) is 6.17. The van der Waals surface area contributed by atoms with Crippen molar-refractivity contribution in [2.24, 2.45) is 0 Å². The van der Waals surface area contributed by atoms with Crippen LogP contribution < -0.4 is 19.1 Å². The van der Waals surface area contributed by atoms with Gasteiger partial charge in [0.15, 0.2) is 11.5 Å². The van der Waals surface area contributed by atoms with E-state index in [0.717, 1.165) is 22.7 Å². The van der Waals surface area contributed by atoms with Crippen LogP contribution >= 0.6 is 11.8 Å². The molecule has 1 aliphatic heterocycles. The summed E-state index contributed by atoms with van der Waals surface area (Å²) in [6, 6.07) is 14.8. The van der Waals surface area contributed by atoms with E-state index in [1.54, 1.807) is 30.0 Å². The standard InChI is InChI=1S/C19H22N2O5S2/c1-28(23,24)21(15-8-9-17-18(12-15)26-14-25-17)13-19(22)20-10-5-11-27-16-6-3-2-4-7-16/h2-4,6-9,12H,5,10-11,13-14H2,1H3,(H,20,22). The van der Waals surface area contributed by atoms with Gasteiger partial charge in [-0.15, -0.1) is 11.8 Å². The lowest BCUT2D eigenvalue weighted by atomic mass is 10.3. The lowest BCUT2D eigenvalue weighted by Crippen LogP contribution is -2.40. The Kier molecular flexibility index (Phi) is 6.69. The molecule has 0 unspecified atom stereocenters. The van der Waals surface area contributed by atoms with E-state index in [9.17, 15) is 13.2 Å². The summed E-state index contributed by atoms with van der Waals surface area (Å²) >= 11 is 1.72. The lowest BCUT2D eigenvalue weighted by molar-refractivity contribution is -0.119. The van der Waals surface area contributed by atoms with Gasteiger partial charge in [-0.3, -0.25) is 9.10 Å². The number of hydrogen-bond donors (Lipinski definition) is 1. The van der Waals surface area contributed by atoms with Crippen molar-refractivity contribution in [3.8, 4) is 11.5 Å². The minimum absolute atomic E-state index is 0.0964. The molecule has 7 nitrogen and oxygen atoms in total. The number of nitrogens with zero attached hydrogens (tertiary/aromatic N) is 1. The molecule has 1 aliphatic rings. The van der Waals surface area contributed by atoms with E-state index in [0.29, 0.717) is 23.7 Å². The molecule has 0 bridgehead atoms. The molecule has 1 N–H and O–H groups in total. The fraction of sp³-hybridized carbons (Fsp3) is 0.316. The van der Waals surface area contributed by atoms with Gasteiger partial charge in [0.1, 0.15) is 6.54 Å². The number of thioether (sulfide) groups is 1. The Hall–Kier alpha value is -2.39. The Labute approximate surface area is 169 Å². The summed E-state index contributed by atoms with van der Waals surface area (Å²) < 4.78 is 35.9. The van der Waals surface area contributed by atoms with Crippen LogP contribution in [0.3, 0.4) is 0 Å². The van der Waals surface area contributed by atoms with Gasteiger partial charge in [0.2, 0.25) is 22.7 Å². The molecule has 0 saturated carbocycles. The number of anilines is 1. The van der Waals surface area contributed by atoms with E-state index in [2.05, 4.69) is 5.32 Å². The van der Waals surface area contributed by atoms with Gasteiger partial charge in [-0.1, -0.05) is 18.2 Å². The van der Waals surface area contributed by atoms with Crippen LogP contribution in [0.15, 0.2) is 53.4 Å². The number of carbonyl (C=O) groups excluding carboxylic acids is 1. The molecular formula is C19H22N2O5S2. The summed E-state index contributed by atoms with van der Waals surface area (Å²) in [5, 5.41) is 2.78. The zero-order chi connectivity index (χ0) is 20.0. The molecule has 3 rings (SSSR count). The summed E-state index contributed by atoms with van der Waals surface area (Å²) in [6.07, 6.45) is 1.86. The number of sulfonamides is 1. The van der Waals surface area contributed by atoms with Crippen molar-refractivity contribution in [1.82, 2.24) is 5.32 Å². The molecular weight excluding hydrogens is 400 g/mol. The van der Waals surface area contributed by atoms with Gasteiger partial charge >= 0.3 is 0 Å². The van der Waals surface area contributed by atoms with Crippen molar-refractivity contribution >= 4 is 33.4 Å². The van der Waals surface area contributed by atoms with Gasteiger partial charge in [-0.25, -0.2) is 8.42 Å². The predicted molar refractivity (Wildman–Crippen MR) is 110 cm³/mol. The maximum absolute atomic E-state index is 12.3. The third kappa shape index (κ3) is 5.56. The maximum atomic E-state index is 12.3. The average molecular weight is 423 g/mol. The minimum Gasteiger partial charge on any atom is -0.454 e. The van der Waals surface area contributed by atoms with E-state index < -0.39 is 10.0 Å². The molecule has 0 saturated heterocycles. The van der Waals surface area contributed by atoms with Crippen molar-refractivity contribution in [3.63, 3.8) is 0 Å². The van der Waals surface area contributed by atoms with Crippen LogP contribution in [0, 0.1) is 0 Å². The lowest BCUT2D eigenvalue weighted by Gasteiger charge is -2.22. The third-order valence-corrected chi connectivity index (χ3v) is 6.23. The molecule has 1 heterocycles. The second kappa shape index (κ2) is 9.20. The van der Waals surface area contributed by atoms with Crippen molar-refractivity contribution < 1.29 is 22.7 Å². The Morgan fingerprint density at radius 3 is 2.64 bits per heavy atom. The maximum Gasteiger partial charge on any atom is 0.240 e.